The second-order valence-electron chi connectivity index (χ2n) is 6.47. The zero-order chi connectivity index (χ0) is 16.7. The van der Waals surface area contributed by atoms with Crippen LogP contribution in [0.4, 0.5) is 0 Å². The van der Waals surface area contributed by atoms with Gasteiger partial charge in [-0.15, -0.1) is 0 Å². The average Bonchev–Trinajstić information content (AvgIpc) is 3.38. The molecule has 4 nitrogen and oxygen atoms in total. The van der Waals surface area contributed by atoms with Crippen molar-refractivity contribution in [2.75, 3.05) is 0 Å². The van der Waals surface area contributed by atoms with Crippen molar-refractivity contribution in [2.45, 2.75) is 32.7 Å². The molecule has 1 saturated carbocycles. The second kappa shape index (κ2) is 5.71. The molecule has 24 heavy (non-hydrogen) atoms. The summed E-state index contributed by atoms with van der Waals surface area (Å²) in [6.45, 7) is 3.95. The van der Waals surface area contributed by atoms with Gasteiger partial charge in [-0.05, 0) is 67.6 Å². The Morgan fingerprint density at radius 1 is 1.12 bits per heavy atom. The van der Waals surface area contributed by atoms with E-state index in [1.165, 1.54) is 0 Å². The molecule has 0 radical (unpaired) electrons. The third-order valence-corrected chi connectivity index (χ3v) is 4.42. The molecule has 1 fully saturated rings. The number of benzene rings is 2. The lowest BCUT2D eigenvalue weighted by Crippen LogP contribution is -2.25. The minimum absolute atomic E-state index is 0.0125. The molecular formula is C20H19N3O. The first kappa shape index (κ1) is 14.8. The number of aryl methyl sites for hydroxylation is 2. The monoisotopic (exact) mass is 317 g/mol. The van der Waals surface area contributed by atoms with Gasteiger partial charge in [0.1, 0.15) is 5.82 Å². The largest absolute Gasteiger partial charge is 0.349 e. The van der Waals surface area contributed by atoms with Gasteiger partial charge in [0.25, 0.3) is 5.91 Å². The summed E-state index contributed by atoms with van der Waals surface area (Å²) < 4.78 is 0. The Kier molecular flexibility index (Phi) is 3.53. The van der Waals surface area contributed by atoms with Gasteiger partial charge in [-0.25, -0.2) is 9.97 Å². The van der Waals surface area contributed by atoms with Crippen molar-refractivity contribution in [1.29, 1.82) is 0 Å². The first-order valence-corrected chi connectivity index (χ1v) is 8.25. The molecule has 0 aliphatic heterocycles. The van der Waals surface area contributed by atoms with Crippen LogP contribution in [0.5, 0.6) is 0 Å². The number of nitrogens with one attached hydrogen (secondary N) is 1. The number of nitrogens with zero attached hydrogens (tertiary/aromatic N) is 2. The lowest BCUT2D eigenvalue weighted by Gasteiger charge is -2.10. The molecule has 2 aromatic carbocycles. The zero-order valence-electron chi connectivity index (χ0n) is 13.8. The fraction of sp³-hybridized carbons (Fsp3) is 0.250. The molecule has 4 rings (SSSR count). The average molecular weight is 317 g/mol. The van der Waals surface area contributed by atoms with E-state index in [1.54, 1.807) is 0 Å². The Balaban J connectivity index is 1.74. The standard InChI is InChI=1S/C20H19N3O/c1-12-3-4-15(20(24)23-17-6-7-17)10-18(12)14-5-8-19-16(9-14)11-21-13(2)22-19/h3-5,8-11,17H,6-7H2,1-2H3,(H,23,24). The number of amides is 1. The van der Waals surface area contributed by atoms with Crippen molar-refractivity contribution < 1.29 is 4.79 Å². The third-order valence-electron chi connectivity index (χ3n) is 4.42. The Hall–Kier alpha value is -2.75. The lowest BCUT2D eigenvalue weighted by atomic mass is 9.97. The molecule has 0 unspecified atom stereocenters. The topological polar surface area (TPSA) is 54.9 Å². The number of fused-ring (bicyclic) bond motifs is 1. The minimum Gasteiger partial charge on any atom is -0.349 e. The van der Waals surface area contributed by atoms with Gasteiger partial charge in [-0.2, -0.15) is 0 Å². The molecule has 0 saturated heterocycles. The van der Waals surface area contributed by atoms with Crippen molar-refractivity contribution in [3.05, 3.63) is 59.5 Å². The molecule has 4 heteroatoms. The smallest absolute Gasteiger partial charge is 0.251 e. The van der Waals surface area contributed by atoms with Crippen LogP contribution in [0, 0.1) is 13.8 Å². The molecule has 1 aliphatic carbocycles. The van der Waals surface area contributed by atoms with Gasteiger partial charge in [0.05, 0.1) is 5.52 Å². The fourth-order valence-electron chi connectivity index (χ4n) is 2.86. The van der Waals surface area contributed by atoms with Gasteiger partial charge in [-0.3, -0.25) is 4.79 Å². The van der Waals surface area contributed by atoms with Crippen LogP contribution in [0.1, 0.15) is 34.6 Å². The summed E-state index contributed by atoms with van der Waals surface area (Å²) in [6.07, 6.45) is 4.03. The summed E-state index contributed by atoms with van der Waals surface area (Å²) in [7, 11) is 0. The number of carbonyl (C=O) groups is 1. The maximum atomic E-state index is 12.3. The number of hydrogen-bond acceptors (Lipinski definition) is 3. The minimum atomic E-state index is 0.0125. The van der Waals surface area contributed by atoms with Crippen molar-refractivity contribution >= 4 is 16.8 Å². The highest BCUT2D eigenvalue weighted by Gasteiger charge is 2.24. The van der Waals surface area contributed by atoms with Gasteiger partial charge in [0, 0.05) is 23.2 Å². The van der Waals surface area contributed by atoms with E-state index in [2.05, 4.69) is 34.3 Å². The fourth-order valence-corrected chi connectivity index (χ4v) is 2.86. The van der Waals surface area contributed by atoms with Crippen LogP contribution in [-0.4, -0.2) is 21.9 Å². The van der Waals surface area contributed by atoms with E-state index in [1.807, 2.05) is 37.4 Å². The number of rotatable bonds is 3. The summed E-state index contributed by atoms with van der Waals surface area (Å²) in [5.74, 6) is 0.781. The maximum absolute atomic E-state index is 12.3. The highest BCUT2D eigenvalue weighted by Crippen LogP contribution is 2.28. The Morgan fingerprint density at radius 3 is 2.75 bits per heavy atom. The van der Waals surface area contributed by atoms with Crippen LogP contribution < -0.4 is 5.32 Å². The van der Waals surface area contributed by atoms with E-state index >= 15 is 0 Å². The lowest BCUT2D eigenvalue weighted by molar-refractivity contribution is 0.0951. The molecule has 0 spiro atoms. The summed E-state index contributed by atoms with van der Waals surface area (Å²) in [5, 5.41) is 4.05. The molecular weight excluding hydrogens is 298 g/mol. The zero-order valence-corrected chi connectivity index (χ0v) is 13.8. The van der Waals surface area contributed by atoms with Crippen LogP contribution in [0.2, 0.25) is 0 Å². The van der Waals surface area contributed by atoms with E-state index in [0.717, 1.165) is 46.3 Å². The molecule has 120 valence electrons. The van der Waals surface area contributed by atoms with E-state index in [0.29, 0.717) is 11.6 Å². The van der Waals surface area contributed by atoms with Gasteiger partial charge in [0.15, 0.2) is 0 Å². The Bertz CT molecular complexity index is 945. The summed E-state index contributed by atoms with van der Waals surface area (Å²) in [6, 6.07) is 12.4. The molecule has 1 heterocycles. The van der Waals surface area contributed by atoms with E-state index < -0.39 is 0 Å². The normalized spacial score (nSPS) is 13.9. The molecule has 1 aliphatic rings. The molecule has 1 aromatic heterocycles. The van der Waals surface area contributed by atoms with Gasteiger partial charge >= 0.3 is 0 Å². The van der Waals surface area contributed by atoms with Crippen molar-refractivity contribution in [3.8, 4) is 11.1 Å². The molecule has 0 atom stereocenters. The molecule has 0 bridgehead atoms. The second-order valence-corrected chi connectivity index (χ2v) is 6.47. The van der Waals surface area contributed by atoms with Crippen molar-refractivity contribution in [1.82, 2.24) is 15.3 Å². The van der Waals surface area contributed by atoms with Crippen LogP contribution in [0.15, 0.2) is 42.6 Å². The molecule has 1 N–H and O–H groups in total. The first-order chi connectivity index (χ1) is 11.6. The van der Waals surface area contributed by atoms with Crippen molar-refractivity contribution in [2.24, 2.45) is 0 Å². The quantitative estimate of drug-likeness (QED) is 0.799. The van der Waals surface area contributed by atoms with Gasteiger partial charge in [0.2, 0.25) is 0 Å². The predicted octanol–water partition coefficient (Wildman–Crippen LogP) is 3.81. The Morgan fingerprint density at radius 2 is 1.96 bits per heavy atom. The van der Waals surface area contributed by atoms with E-state index in [-0.39, 0.29) is 5.91 Å². The molecule has 3 aromatic rings. The van der Waals surface area contributed by atoms with Crippen LogP contribution in [0.3, 0.4) is 0 Å². The number of carbonyl (C=O) groups excluding carboxylic acids is 1. The summed E-state index contributed by atoms with van der Waals surface area (Å²) >= 11 is 0. The highest BCUT2D eigenvalue weighted by molar-refractivity contribution is 5.96. The van der Waals surface area contributed by atoms with Crippen LogP contribution in [0.25, 0.3) is 22.0 Å². The van der Waals surface area contributed by atoms with Crippen molar-refractivity contribution in [3.63, 3.8) is 0 Å². The highest BCUT2D eigenvalue weighted by atomic mass is 16.1. The number of hydrogen-bond donors (Lipinski definition) is 1. The third kappa shape index (κ3) is 2.87. The van der Waals surface area contributed by atoms with Crippen LogP contribution >= 0.6 is 0 Å². The Labute approximate surface area is 141 Å². The summed E-state index contributed by atoms with van der Waals surface area (Å²) in [4.78, 5) is 21.0. The maximum Gasteiger partial charge on any atom is 0.251 e. The molecule has 1 amide bonds. The van der Waals surface area contributed by atoms with Gasteiger partial charge in [-0.1, -0.05) is 12.1 Å². The van der Waals surface area contributed by atoms with Gasteiger partial charge < -0.3 is 5.32 Å². The van der Waals surface area contributed by atoms with E-state index in [4.69, 9.17) is 0 Å². The summed E-state index contributed by atoms with van der Waals surface area (Å²) in [5.41, 5.74) is 4.94. The first-order valence-electron chi connectivity index (χ1n) is 8.25. The number of aromatic nitrogens is 2. The predicted molar refractivity (Wildman–Crippen MR) is 94.9 cm³/mol. The SMILES string of the molecule is Cc1ncc2cc(-c3cc(C(=O)NC4CC4)ccc3C)ccc2n1. The van der Waals surface area contributed by atoms with E-state index in [9.17, 15) is 4.79 Å². The van der Waals surface area contributed by atoms with Crippen LogP contribution in [-0.2, 0) is 0 Å².